The van der Waals surface area contributed by atoms with E-state index in [1.807, 2.05) is 13.0 Å². The van der Waals surface area contributed by atoms with E-state index in [0.29, 0.717) is 23.7 Å². The van der Waals surface area contributed by atoms with Crippen LogP contribution >= 0.6 is 22.9 Å². The first-order chi connectivity index (χ1) is 8.50. The van der Waals surface area contributed by atoms with E-state index in [1.165, 1.54) is 11.3 Å². The Labute approximate surface area is 115 Å². The van der Waals surface area contributed by atoms with E-state index in [0.717, 1.165) is 4.88 Å². The Balaban J connectivity index is 2.26. The van der Waals surface area contributed by atoms with Crippen LogP contribution in [-0.4, -0.2) is 23.5 Å². The highest BCUT2D eigenvalue weighted by atomic mass is 35.5. The number of halogens is 1. The number of hydrogen-bond acceptors (Lipinski definition) is 3. The maximum Gasteiger partial charge on any atom is 0.303 e. The topological polar surface area (TPSA) is 66.4 Å². The molecule has 4 nitrogen and oxygen atoms in total. The Morgan fingerprint density at radius 3 is 2.72 bits per heavy atom. The molecule has 0 aliphatic carbocycles. The lowest BCUT2D eigenvalue weighted by Crippen LogP contribution is -2.28. The van der Waals surface area contributed by atoms with E-state index in [-0.39, 0.29) is 18.2 Å². The molecule has 0 spiro atoms. The van der Waals surface area contributed by atoms with Crippen LogP contribution in [0.1, 0.15) is 37.0 Å². The van der Waals surface area contributed by atoms with E-state index in [1.54, 1.807) is 6.07 Å². The molecule has 0 fully saturated rings. The Kier molecular flexibility index (Phi) is 6.15. The van der Waals surface area contributed by atoms with Gasteiger partial charge in [0, 0.05) is 17.8 Å². The number of thiophene rings is 1. The van der Waals surface area contributed by atoms with Crippen LogP contribution in [0.2, 0.25) is 4.34 Å². The van der Waals surface area contributed by atoms with Crippen molar-refractivity contribution in [3.63, 3.8) is 0 Å². The second-order valence-electron chi connectivity index (χ2n) is 4.01. The summed E-state index contributed by atoms with van der Waals surface area (Å²) in [4.78, 5) is 23.0. The summed E-state index contributed by atoms with van der Waals surface area (Å²) in [5.41, 5.74) is 0. The third kappa shape index (κ3) is 5.06. The normalized spacial score (nSPS) is 12.1. The number of hydrogen-bond donors (Lipinski definition) is 2. The average molecular weight is 290 g/mol. The SMILES string of the molecule is CC(C(=O)NCCCCC(=O)O)c1ccc(Cl)s1. The van der Waals surface area contributed by atoms with Gasteiger partial charge in [-0.05, 0) is 31.9 Å². The highest BCUT2D eigenvalue weighted by Gasteiger charge is 2.16. The summed E-state index contributed by atoms with van der Waals surface area (Å²) >= 11 is 7.21. The molecule has 1 amide bonds. The van der Waals surface area contributed by atoms with Crippen molar-refractivity contribution < 1.29 is 14.7 Å². The van der Waals surface area contributed by atoms with Crippen molar-refractivity contribution in [1.29, 1.82) is 0 Å². The molecule has 100 valence electrons. The van der Waals surface area contributed by atoms with Crippen molar-refractivity contribution in [2.45, 2.75) is 32.1 Å². The van der Waals surface area contributed by atoms with Gasteiger partial charge in [0.2, 0.25) is 5.91 Å². The molecule has 0 bridgehead atoms. The van der Waals surface area contributed by atoms with Gasteiger partial charge in [-0.1, -0.05) is 11.6 Å². The van der Waals surface area contributed by atoms with Crippen molar-refractivity contribution >= 4 is 34.8 Å². The highest BCUT2D eigenvalue weighted by molar-refractivity contribution is 7.16. The fraction of sp³-hybridized carbons (Fsp3) is 0.500. The lowest BCUT2D eigenvalue weighted by molar-refractivity contribution is -0.137. The number of rotatable bonds is 7. The van der Waals surface area contributed by atoms with Gasteiger partial charge in [0.05, 0.1) is 10.3 Å². The summed E-state index contributed by atoms with van der Waals surface area (Å²) < 4.78 is 0.672. The van der Waals surface area contributed by atoms with Crippen LogP contribution in [0, 0.1) is 0 Å². The molecule has 0 saturated heterocycles. The van der Waals surface area contributed by atoms with Crippen LogP contribution in [0.15, 0.2) is 12.1 Å². The summed E-state index contributed by atoms with van der Waals surface area (Å²) in [6, 6.07) is 3.62. The van der Waals surface area contributed by atoms with Crippen LogP contribution in [0.5, 0.6) is 0 Å². The number of carbonyl (C=O) groups excluding carboxylic acids is 1. The number of carboxylic acid groups (broad SMARTS) is 1. The smallest absolute Gasteiger partial charge is 0.303 e. The molecule has 1 atom stereocenters. The Bertz CT molecular complexity index is 419. The van der Waals surface area contributed by atoms with Gasteiger partial charge in [0.15, 0.2) is 0 Å². The number of carboxylic acids is 1. The molecule has 18 heavy (non-hydrogen) atoms. The summed E-state index contributed by atoms with van der Waals surface area (Å²) in [6.45, 7) is 2.34. The second-order valence-corrected chi connectivity index (χ2v) is 5.75. The molecule has 2 N–H and O–H groups in total. The Morgan fingerprint density at radius 2 is 2.17 bits per heavy atom. The van der Waals surface area contributed by atoms with Gasteiger partial charge in [-0.2, -0.15) is 0 Å². The first-order valence-electron chi connectivity index (χ1n) is 5.75. The molecular weight excluding hydrogens is 274 g/mol. The summed E-state index contributed by atoms with van der Waals surface area (Å²) in [5, 5.41) is 11.3. The quantitative estimate of drug-likeness (QED) is 0.759. The molecule has 1 rings (SSSR count). The van der Waals surface area contributed by atoms with Crippen LogP contribution in [0.4, 0.5) is 0 Å². The molecule has 1 unspecified atom stereocenters. The molecule has 1 aromatic heterocycles. The van der Waals surface area contributed by atoms with Crippen LogP contribution in [0.25, 0.3) is 0 Å². The second kappa shape index (κ2) is 7.38. The molecule has 1 heterocycles. The minimum absolute atomic E-state index is 0.0520. The van der Waals surface area contributed by atoms with E-state index >= 15 is 0 Å². The third-order valence-corrected chi connectivity index (χ3v) is 3.94. The van der Waals surface area contributed by atoms with Crippen LogP contribution < -0.4 is 5.32 Å². The maximum absolute atomic E-state index is 11.8. The lowest BCUT2D eigenvalue weighted by Gasteiger charge is -2.10. The lowest BCUT2D eigenvalue weighted by atomic mass is 10.1. The van der Waals surface area contributed by atoms with Crippen molar-refractivity contribution in [3.8, 4) is 0 Å². The molecule has 0 radical (unpaired) electrons. The van der Waals surface area contributed by atoms with E-state index in [4.69, 9.17) is 16.7 Å². The van der Waals surface area contributed by atoms with Gasteiger partial charge < -0.3 is 10.4 Å². The van der Waals surface area contributed by atoms with E-state index < -0.39 is 5.97 Å². The third-order valence-electron chi connectivity index (χ3n) is 2.53. The van der Waals surface area contributed by atoms with Crippen molar-refractivity contribution in [2.24, 2.45) is 0 Å². The summed E-state index contributed by atoms with van der Waals surface area (Å²) in [5.74, 6) is -1.08. The van der Waals surface area contributed by atoms with Crippen molar-refractivity contribution in [2.75, 3.05) is 6.54 Å². The number of amides is 1. The Hall–Kier alpha value is -1.07. The van der Waals surface area contributed by atoms with Gasteiger partial charge in [0.25, 0.3) is 0 Å². The van der Waals surface area contributed by atoms with E-state index in [9.17, 15) is 9.59 Å². The number of nitrogens with one attached hydrogen (secondary N) is 1. The average Bonchev–Trinajstić information content (AvgIpc) is 2.73. The molecule has 0 aromatic carbocycles. The molecule has 0 aliphatic rings. The zero-order chi connectivity index (χ0) is 13.5. The molecule has 0 saturated carbocycles. The Morgan fingerprint density at radius 1 is 1.44 bits per heavy atom. The standard InChI is InChI=1S/C12H16ClNO3S/c1-8(9-5-6-10(13)18-9)12(17)14-7-3-2-4-11(15)16/h5-6,8H,2-4,7H2,1H3,(H,14,17)(H,15,16). The van der Waals surface area contributed by atoms with Crippen molar-refractivity contribution in [3.05, 3.63) is 21.3 Å². The molecule has 1 aromatic rings. The molecule has 0 aliphatic heterocycles. The number of aliphatic carboxylic acids is 1. The van der Waals surface area contributed by atoms with Gasteiger partial charge in [-0.25, -0.2) is 0 Å². The fourth-order valence-electron chi connectivity index (χ4n) is 1.46. The summed E-state index contributed by atoms with van der Waals surface area (Å²) in [6.07, 6.45) is 1.40. The van der Waals surface area contributed by atoms with Crippen LogP contribution in [0.3, 0.4) is 0 Å². The highest BCUT2D eigenvalue weighted by Crippen LogP contribution is 2.27. The maximum atomic E-state index is 11.8. The first kappa shape index (κ1) is 15.0. The zero-order valence-corrected chi connectivity index (χ0v) is 11.7. The predicted octanol–water partition coefficient (Wildman–Crippen LogP) is 2.88. The number of unbranched alkanes of at least 4 members (excludes halogenated alkanes) is 1. The number of carbonyl (C=O) groups is 2. The van der Waals surface area contributed by atoms with Gasteiger partial charge in [-0.3, -0.25) is 9.59 Å². The monoisotopic (exact) mass is 289 g/mol. The predicted molar refractivity (Wildman–Crippen MR) is 72.2 cm³/mol. The van der Waals surface area contributed by atoms with Gasteiger partial charge >= 0.3 is 5.97 Å². The van der Waals surface area contributed by atoms with E-state index in [2.05, 4.69) is 5.32 Å². The first-order valence-corrected chi connectivity index (χ1v) is 6.95. The fourth-order valence-corrected chi connectivity index (χ4v) is 2.57. The minimum Gasteiger partial charge on any atom is -0.481 e. The van der Waals surface area contributed by atoms with Crippen molar-refractivity contribution in [1.82, 2.24) is 5.32 Å². The van der Waals surface area contributed by atoms with Crippen LogP contribution in [-0.2, 0) is 9.59 Å². The molecule has 6 heteroatoms. The minimum atomic E-state index is -0.803. The van der Waals surface area contributed by atoms with Gasteiger partial charge in [0.1, 0.15) is 0 Å². The zero-order valence-electron chi connectivity index (χ0n) is 10.1. The van der Waals surface area contributed by atoms with Gasteiger partial charge in [-0.15, -0.1) is 11.3 Å². The largest absolute Gasteiger partial charge is 0.481 e. The molecular formula is C12H16ClNO3S. The summed E-state index contributed by atoms with van der Waals surface area (Å²) in [7, 11) is 0.